The van der Waals surface area contributed by atoms with E-state index < -0.39 is 0 Å². The Bertz CT molecular complexity index is 1140. The molecule has 7 nitrogen and oxygen atoms in total. The zero-order valence-electron chi connectivity index (χ0n) is 15.8. The number of aromatic amines is 1. The lowest BCUT2D eigenvalue weighted by Gasteiger charge is -2.26. The lowest BCUT2D eigenvalue weighted by Crippen LogP contribution is -2.41. The molecular weight excluding hydrogens is 368 g/mol. The van der Waals surface area contributed by atoms with Crippen molar-refractivity contribution < 1.29 is 13.9 Å². The molecule has 0 saturated carbocycles. The molecule has 4 aromatic rings. The van der Waals surface area contributed by atoms with Crippen LogP contribution in [-0.2, 0) is 11.2 Å². The summed E-state index contributed by atoms with van der Waals surface area (Å²) < 4.78 is 11.5. The number of oxazole rings is 1. The van der Waals surface area contributed by atoms with Crippen LogP contribution < -0.4 is 0 Å². The van der Waals surface area contributed by atoms with Gasteiger partial charge in [0.25, 0.3) is 5.91 Å². The summed E-state index contributed by atoms with van der Waals surface area (Å²) in [5, 5.41) is 2.11. The predicted octanol–water partition coefficient (Wildman–Crippen LogP) is 3.28. The Kier molecular flexibility index (Phi) is 4.57. The van der Waals surface area contributed by atoms with Crippen molar-refractivity contribution in [3.05, 3.63) is 72.3 Å². The molecule has 0 atom stereocenters. The monoisotopic (exact) mass is 388 g/mol. The van der Waals surface area contributed by atoms with Crippen LogP contribution >= 0.6 is 0 Å². The molecule has 1 amide bonds. The molecule has 1 aliphatic heterocycles. The number of imidazole rings is 1. The van der Waals surface area contributed by atoms with E-state index >= 15 is 0 Å². The number of ether oxygens (including phenoxy) is 1. The van der Waals surface area contributed by atoms with Crippen LogP contribution in [-0.4, -0.2) is 52.1 Å². The first kappa shape index (κ1) is 17.6. The molecule has 0 bridgehead atoms. The summed E-state index contributed by atoms with van der Waals surface area (Å²) in [7, 11) is 0. The van der Waals surface area contributed by atoms with Crippen molar-refractivity contribution in [3.8, 4) is 11.3 Å². The number of fused-ring (bicyclic) bond motifs is 1. The van der Waals surface area contributed by atoms with Gasteiger partial charge in [-0.2, -0.15) is 0 Å². The number of aromatic nitrogens is 3. The molecule has 0 spiro atoms. The number of amides is 1. The van der Waals surface area contributed by atoms with Crippen molar-refractivity contribution in [1.29, 1.82) is 0 Å². The molecule has 1 N–H and O–H groups in total. The number of rotatable bonds is 4. The van der Waals surface area contributed by atoms with Crippen LogP contribution in [0.25, 0.3) is 22.1 Å². The topological polar surface area (TPSA) is 84.2 Å². The summed E-state index contributed by atoms with van der Waals surface area (Å²) >= 11 is 0. The fourth-order valence-corrected chi connectivity index (χ4v) is 3.65. The van der Waals surface area contributed by atoms with Crippen molar-refractivity contribution in [3.63, 3.8) is 0 Å². The van der Waals surface area contributed by atoms with Gasteiger partial charge in [0.05, 0.1) is 26.0 Å². The molecule has 3 heterocycles. The van der Waals surface area contributed by atoms with Crippen molar-refractivity contribution in [2.75, 3.05) is 26.3 Å². The van der Waals surface area contributed by atoms with E-state index in [9.17, 15) is 4.79 Å². The highest BCUT2D eigenvalue weighted by Crippen LogP contribution is 2.33. The van der Waals surface area contributed by atoms with Crippen LogP contribution in [0.2, 0.25) is 0 Å². The standard InChI is InChI=1S/C22H20N4O3/c27-22(26-8-10-28-11-9-26)20-21(29-19(25-20)12-16-13-23-14-24-16)18-7-3-5-15-4-1-2-6-17(15)18/h1-7,13-14H,8-12H2,(H,23,24). The van der Waals surface area contributed by atoms with Crippen LogP contribution in [0, 0.1) is 0 Å². The smallest absolute Gasteiger partial charge is 0.276 e. The van der Waals surface area contributed by atoms with Gasteiger partial charge in [-0.25, -0.2) is 9.97 Å². The number of H-pyrrole nitrogens is 1. The van der Waals surface area contributed by atoms with E-state index in [2.05, 4.69) is 15.0 Å². The summed E-state index contributed by atoms with van der Waals surface area (Å²) in [6.45, 7) is 2.18. The Morgan fingerprint density at radius 2 is 1.93 bits per heavy atom. The number of carbonyl (C=O) groups is 1. The third-order valence-electron chi connectivity index (χ3n) is 5.10. The van der Waals surface area contributed by atoms with Gasteiger partial charge in [0.15, 0.2) is 11.5 Å². The maximum Gasteiger partial charge on any atom is 0.276 e. The highest BCUT2D eigenvalue weighted by atomic mass is 16.5. The van der Waals surface area contributed by atoms with Gasteiger partial charge in [0.2, 0.25) is 5.89 Å². The molecule has 2 aromatic heterocycles. The minimum Gasteiger partial charge on any atom is -0.439 e. The maximum absolute atomic E-state index is 13.3. The molecule has 2 aromatic carbocycles. The Morgan fingerprint density at radius 3 is 2.76 bits per heavy atom. The molecule has 146 valence electrons. The Hall–Kier alpha value is -3.45. The Labute approximate surface area is 167 Å². The van der Waals surface area contributed by atoms with Gasteiger partial charge in [0, 0.05) is 30.5 Å². The summed E-state index contributed by atoms with van der Waals surface area (Å²) in [5.74, 6) is 0.859. The average Bonchev–Trinajstić information content (AvgIpc) is 3.44. The normalized spacial score (nSPS) is 14.4. The molecule has 29 heavy (non-hydrogen) atoms. The predicted molar refractivity (Wildman–Crippen MR) is 108 cm³/mol. The number of nitrogens with one attached hydrogen (secondary N) is 1. The van der Waals surface area contributed by atoms with E-state index in [1.165, 1.54) is 0 Å². The van der Waals surface area contributed by atoms with Gasteiger partial charge in [0.1, 0.15) is 0 Å². The first-order valence-corrected chi connectivity index (χ1v) is 9.62. The molecule has 5 rings (SSSR count). The fraction of sp³-hybridized carbons (Fsp3) is 0.227. The highest BCUT2D eigenvalue weighted by molar-refractivity contribution is 6.03. The number of hydrogen-bond donors (Lipinski definition) is 1. The van der Waals surface area contributed by atoms with Gasteiger partial charge >= 0.3 is 0 Å². The van der Waals surface area contributed by atoms with Crippen molar-refractivity contribution in [2.45, 2.75) is 6.42 Å². The number of carbonyl (C=O) groups excluding carboxylic acids is 1. The molecular formula is C22H20N4O3. The number of morpholine rings is 1. The molecule has 1 saturated heterocycles. The first-order chi connectivity index (χ1) is 14.3. The van der Waals surface area contributed by atoms with E-state index in [1.54, 1.807) is 17.4 Å². The summed E-state index contributed by atoms with van der Waals surface area (Å²) in [5.41, 5.74) is 2.09. The zero-order chi connectivity index (χ0) is 19.6. The number of nitrogens with zero attached hydrogens (tertiary/aromatic N) is 3. The molecule has 0 radical (unpaired) electrons. The van der Waals surface area contributed by atoms with Crippen LogP contribution in [0.1, 0.15) is 22.1 Å². The molecule has 1 aliphatic rings. The fourth-order valence-electron chi connectivity index (χ4n) is 3.65. The quantitative estimate of drug-likeness (QED) is 0.580. The third kappa shape index (κ3) is 3.40. The van der Waals surface area contributed by atoms with Crippen LogP contribution in [0.15, 0.2) is 59.4 Å². The summed E-state index contributed by atoms with van der Waals surface area (Å²) in [4.78, 5) is 26.7. The number of hydrogen-bond acceptors (Lipinski definition) is 5. The molecule has 0 unspecified atom stereocenters. The maximum atomic E-state index is 13.3. The van der Waals surface area contributed by atoms with Gasteiger partial charge in [-0.05, 0) is 10.8 Å². The van der Waals surface area contributed by atoms with E-state index in [0.29, 0.717) is 50.1 Å². The third-order valence-corrected chi connectivity index (χ3v) is 5.10. The van der Waals surface area contributed by atoms with E-state index in [1.807, 2.05) is 42.5 Å². The average molecular weight is 388 g/mol. The van der Waals surface area contributed by atoms with Gasteiger partial charge < -0.3 is 19.0 Å². The van der Waals surface area contributed by atoms with Crippen molar-refractivity contribution in [1.82, 2.24) is 19.9 Å². The number of benzene rings is 2. The Morgan fingerprint density at radius 1 is 1.10 bits per heavy atom. The second kappa shape index (κ2) is 7.52. The molecule has 1 fully saturated rings. The minimum absolute atomic E-state index is 0.129. The van der Waals surface area contributed by atoms with Crippen molar-refractivity contribution >= 4 is 16.7 Å². The first-order valence-electron chi connectivity index (χ1n) is 9.62. The highest BCUT2D eigenvalue weighted by Gasteiger charge is 2.28. The lowest BCUT2D eigenvalue weighted by atomic mass is 10.0. The lowest BCUT2D eigenvalue weighted by molar-refractivity contribution is 0.0299. The van der Waals surface area contributed by atoms with Gasteiger partial charge in [-0.15, -0.1) is 0 Å². The Balaban J connectivity index is 1.62. The van der Waals surface area contributed by atoms with E-state index in [0.717, 1.165) is 22.0 Å². The van der Waals surface area contributed by atoms with Crippen LogP contribution in [0.3, 0.4) is 0 Å². The minimum atomic E-state index is -0.129. The molecule has 0 aliphatic carbocycles. The second-order valence-corrected chi connectivity index (χ2v) is 6.97. The largest absolute Gasteiger partial charge is 0.439 e. The van der Waals surface area contributed by atoms with Gasteiger partial charge in [-0.3, -0.25) is 4.79 Å². The second-order valence-electron chi connectivity index (χ2n) is 6.97. The summed E-state index contributed by atoms with van der Waals surface area (Å²) in [6, 6.07) is 14.0. The van der Waals surface area contributed by atoms with Gasteiger partial charge in [-0.1, -0.05) is 42.5 Å². The van der Waals surface area contributed by atoms with Crippen LogP contribution in [0.4, 0.5) is 0 Å². The SMILES string of the molecule is O=C(c1nc(Cc2cnc[nH]2)oc1-c1cccc2ccccc12)N1CCOCC1. The van der Waals surface area contributed by atoms with Crippen LogP contribution in [0.5, 0.6) is 0 Å². The zero-order valence-corrected chi connectivity index (χ0v) is 15.8. The van der Waals surface area contributed by atoms with E-state index in [4.69, 9.17) is 9.15 Å². The van der Waals surface area contributed by atoms with E-state index in [-0.39, 0.29) is 5.91 Å². The molecule has 7 heteroatoms. The summed E-state index contributed by atoms with van der Waals surface area (Å²) in [6.07, 6.45) is 3.78. The van der Waals surface area contributed by atoms with Crippen molar-refractivity contribution in [2.24, 2.45) is 0 Å².